The van der Waals surface area contributed by atoms with Gasteiger partial charge in [-0.25, -0.2) is 8.42 Å². The van der Waals surface area contributed by atoms with Crippen molar-refractivity contribution in [1.29, 1.82) is 0 Å². The second kappa shape index (κ2) is 8.87. The van der Waals surface area contributed by atoms with Crippen molar-refractivity contribution in [3.05, 3.63) is 59.2 Å². The normalized spacial score (nSPS) is 14.5. The molecule has 8 heteroatoms. The summed E-state index contributed by atoms with van der Waals surface area (Å²) < 4.78 is 28.3. The van der Waals surface area contributed by atoms with Crippen LogP contribution in [-0.4, -0.2) is 63.3 Å². The topological polar surface area (TPSA) is 78.0 Å². The first kappa shape index (κ1) is 21.8. The van der Waals surface area contributed by atoms with E-state index in [0.717, 1.165) is 23.1 Å². The van der Waals surface area contributed by atoms with Gasteiger partial charge in [0.05, 0.1) is 10.6 Å². The first-order valence-electron chi connectivity index (χ1n) is 9.87. The summed E-state index contributed by atoms with van der Waals surface area (Å²) in [5.74, 6) is -0.280. The molecule has 1 fully saturated rings. The SMILES string of the molecule is Cc1ccc(S(=O)(=O)N(CC(=O)N2CCN(C=O)CC2)c2cccc(C)c2C)cc1. The maximum absolute atomic E-state index is 13.5. The molecule has 3 rings (SSSR count). The zero-order valence-corrected chi connectivity index (χ0v) is 18.4. The lowest BCUT2D eigenvalue weighted by atomic mass is 10.1. The number of rotatable bonds is 6. The molecule has 0 aromatic heterocycles. The van der Waals surface area contributed by atoms with Gasteiger partial charge in [0.2, 0.25) is 12.3 Å². The number of hydrogen-bond acceptors (Lipinski definition) is 4. The fourth-order valence-electron chi connectivity index (χ4n) is 3.44. The number of hydrogen-bond donors (Lipinski definition) is 0. The number of amides is 2. The van der Waals surface area contributed by atoms with E-state index in [4.69, 9.17) is 0 Å². The van der Waals surface area contributed by atoms with E-state index in [-0.39, 0.29) is 17.3 Å². The Labute approximate surface area is 177 Å². The first-order valence-corrected chi connectivity index (χ1v) is 11.3. The van der Waals surface area contributed by atoms with Gasteiger partial charge < -0.3 is 9.80 Å². The Morgan fingerprint density at radius 1 is 1.00 bits per heavy atom. The van der Waals surface area contributed by atoms with Crippen LogP contribution in [0.5, 0.6) is 0 Å². The van der Waals surface area contributed by atoms with E-state index in [0.29, 0.717) is 31.9 Å². The molecule has 0 atom stereocenters. The molecular weight excluding hydrogens is 402 g/mol. The molecule has 7 nitrogen and oxygen atoms in total. The van der Waals surface area contributed by atoms with Gasteiger partial charge in [0, 0.05) is 26.2 Å². The average Bonchev–Trinajstić information content (AvgIpc) is 2.74. The molecule has 0 spiro atoms. The van der Waals surface area contributed by atoms with Crippen LogP contribution >= 0.6 is 0 Å². The lowest BCUT2D eigenvalue weighted by molar-refractivity contribution is -0.133. The predicted octanol–water partition coefficient (Wildman–Crippen LogP) is 2.11. The monoisotopic (exact) mass is 429 g/mol. The molecular formula is C22H27N3O4S. The molecule has 30 heavy (non-hydrogen) atoms. The average molecular weight is 430 g/mol. The second-order valence-corrected chi connectivity index (χ2v) is 9.43. The molecule has 1 aliphatic heterocycles. The number of carbonyl (C=O) groups excluding carboxylic acids is 2. The third kappa shape index (κ3) is 4.48. The van der Waals surface area contributed by atoms with Gasteiger partial charge in [-0.1, -0.05) is 29.8 Å². The highest BCUT2D eigenvalue weighted by Gasteiger charge is 2.31. The minimum atomic E-state index is -3.94. The van der Waals surface area contributed by atoms with Crippen molar-refractivity contribution >= 4 is 28.0 Å². The van der Waals surface area contributed by atoms with E-state index in [1.807, 2.05) is 26.8 Å². The summed E-state index contributed by atoms with van der Waals surface area (Å²) in [4.78, 5) is 27.3. The van der Waals surface area contributed by atoms with Crippen molar-refractivity contribution < 1.29 is 18.0 Å². The Bertz CT molecular complexity index is 1030. The van der Waals surface area contributed by atoms with Crippen LogP contribution in [-0.2, 0) is 19.6 Å². The van der Waals surface area contributed by atoms with Crippen LogP contribution in [0.1, 0.15) is 16.7 Å². The molecule has 2 amide bonds. The zero-order valence-electron chi connectivity index (χ0n) is 17.5. The largest absolute Gasteiger partial charge is 0.342 e. The van der Waals surface area contributed by atoms with E-state index in [1.54, 1.807) is 46.2 Å². The number of piperazine rings is 1. The Hall–Kier alpha value is -2.87. The molecule has 160 valence electrons. The molecule has 0 bridgehead atoms. The lowest BCUT2D eigenvalue weighted by Crippen LogP contribution is -2.51. The molecule has 0 N–H and O–H groups in total. The number of benzene rings is 2. The lowest BCUT2D eigenvalue weighted by Gasteiger charge is -2.34. The Morgan fingerprint density at radius 2 is 1.63 bits per heavy atom. The van der Waals surface area contributed by atoms with Crippen molar-refractivity contribution in [3.8, 4) is 0 Å². The standard InChI is InChI=1S/C22H27N3O4S/c1-17-7-9-20(10-8-17)30(28,29)25(21-6-4-5-18(2)19(21)3)15-22(27)24-13-11-23(16-26)12-14-24/h4-10,16H,11-15H2,1-3H3. The summed E-state index contributed by atoms with van der Waals surface area (Å²) >= 11 is 0. The maximum atomic E-state index is 13.5. The smallest absolute Gasteiger partial charge is 0.264 e. The first-order chi connectivity index (χ1) is 14.2. The van der Waals surface area contributed by atoms with E-state index < -0.39 is 10.0 Å². The minimum absolute atomic E-state index is 0.146. The summed E-state index contributed by atoms with van der Waals surface area (Å²) in [7, 11) is -3.94. The summed E-state index contributed by atoms with van der Waals surface area (Å²) in [5, 5.41) is 0. The number of carbonyl (C=O) groups is 2. The van der Waals surface area contributed by atoms with Crippen molar-refractivity contribution in [2.24, 2.45) is 0 Å². The third-order valence-corrected chi connectivity index (χ3v) is 7.32. The van der Waals surface area contributed by atoms with Gasteiger partial charge >= 0.3 is 0 Å². The van der Waals surface area contributed by atoms with Gasteiger partial charge in [-0.2, -0.15) is 0 Å². The zero-order chi connectivity index (χ0) is 21.9. The summed E-state index contributed by atoms with van der Waals surface area (Å²) in [6.45, 7) is 7.05. The highest BCUT2D eigenvalue weighted by atomic mass is 32.2. The van der Waals surface area contributed by atoms with E-state index in [9.17, 15) is 18.0 Å². The van der Waals surface area contributed by atoms with E-state index in [2.05, 4.69) is 0 Å². The molecule has 1 heterocycles. The van der Waals surface area contributed by atoms with Crippen LogP contribution < -0.4 is 4.31 Å². The van der Waals surface area contributed by atoms with Crippen LogP contribution in [0.25, 0.3) is 0 Å². The Kier molecular flexibility index (Phi) is 6.45. The number of anilines is 1. The fraction of sp³-hybridized carbons (Fsp3) is 0.364. The molecule has 0 saturated carbocycles. The van der Waals surface area contributed by atoms with Gasteiger partial charge in [0.15, 0.2) is 0 Å². The minimum Gasteiger partial charge on any atom is -0.342 e. The van der Waals surface area contributed by atoms with Crippen LogP contribution in [0.3, 0.4) is 0 Å². The van der Waals surface area contributed by atoms with Gasteiger partial charge in [-0.15, -0.1) is 0 Å². The fourth-order valence-corrected chi connectivity index (χ4v) is 4.91. The number of sulfonamides is 1. The van der Waals surface area contributed by atoms with Gasteiger partial charge in [-0.3, -0.25) is 13.9 Å². The highest BCUT2D eigenvalue weighted by molar-refractivity contribution is 7.92. The van der Waals surface area contributed by atoms with E-state index in [1.165, 1.54) is 4.31 Å². The van der Waals surface area contributed by atoms with E-state index >= 15 is 0 Å². The summed E-state index contributed by atoms with van der Waals surface area (Å²) in [6.07, 6.45) is 0.770. The molecule has 1 saturated heterocycles. The van der Waals surface area contributed by atoms with Gasteiger partial charge in [0.1, 0.15) is 6.54 Å². The van der Waals surface area contributed by atoms with Crippen LogP contribution in [0.4, 0.5) is 5.69 Å². The Morgan fingerprint density at radius 3 is 2.23 bits per heavy atom. The maximum Gasteiger partial charge on any atom is 0.264 e. The summed E-state index contributed by atoms with van der Waals surface area (Å²) in [6, 6.07) is 12.1. The highest BCUT2D eigenvalue weighted by Crippen LogP contribution is 2.29. The van der Waals surface area contributed by atoms with Crippen LogP contribution in [0.2, 0.25) is 0 Å². The molecule has 0 radical (unpaired) electrons. The summed E-state index contributed by atoms with van der Waals surface area (Å²) in [5.41, 5.74) is 3.21. The second-order valence-electron chi connectivity index (χ2n) is 7.57. The van der Waals surface area contributed by atoms with Crippen molar-refractivity contribution in [1.82, 2.24) is 9.80 Å². The van der Waals surface area contributed by atoms with Crippen LogP contribution in [0, 0.1) is 20.8 Å². The number of aryl methyl sites for hydroxylation is 2. The molecule has 2 aromatic carbocycles. The van der Waals surface area contributed by atoms with Gasteiger partial charge in [0.25, 0.3) is 10.0 Å². The number of nitrogens with zero attached hydrogens (tertiary/aromatic N) is 3. The quantitative estimate of drug-likeness (QED) is 0.659. The molecule has 1 aliphatic rings. The molecule has 2 aromatic rings. The van der Waals surface area contributed by atoms with Crippen molar-refractivity contribution in [3.63, 3.8) is 0 Å². The Balaban J connectivity index is 1.96. The van der Waals surface area contributed by atoms with Gasteiger partial charge in [-0.05, 0) is 50.1 Å². The predicted molar refractivity (Wildman–Crippen MR) is 116 cm³/mol. The van der Waals surface area contributed by atoms with Crippen molar-refractivity contribution in [2.45, 2.75) is 25.7 Å². The third-order valence-electron chi connectivity index (χ3n) is 5.55. The van der Waals surface area contributed by atoms with Crippen LogP contribution in [0.15, 0.2) is 47.4 Å². The van der Waals surface area contributed by atoms with Crippen molar-refractivity contribution in [2.75, 3.05) is 37.0 Å². The molecule has 0 aliphatic carbocycles. The molecule has 0 unspecified atom stereocenters.